The number of ether oxygens (including phenoxy) is 1. The molecule has 4 aromatic carbocycles. The number of carbonyl (C=O) groups is 1. The maximum atomic E-state index is 12.0. The zero-order valence-corrected chi connectivity index (χ0v) is 21.1. The summed E-state index contributed by atoms with van der Waals surface area (Å²) in [4.78, 5) is 14.5. The molecule has 0 bridgehead atoms. The van der Waals surface area contributed by atoms with Crippen molar-refractivity contribution in [2.45, 2.75) is 32.4 Å². The minimum absolute atomic E-state index is 0.142. The van der Waals surface area contributed by atoms with Crippen molar-refractivity contribution in [2.75, 3.05) is 13.7 Å². The van der Waals surface area contributed by atoms with Crippen LogP contribution in [0.3, 0.4) is 0 Å². The Kier molecular flexibility index (Phi) is 9.46. The molecule has 4 aromatic rings. The van der Waals surface area contributed by atoms with E-state index in [0.717, 1.165) is 32.5 Å². The molecule has 36 heavy (non-hydrogen) atoms. The molecule has 3 heteroatoms. The number of carbonyl (C=O) groups excluding carboxylic acids is 1. The van der Waals surface area contributed by atoms with Crippen LogP contribution in [-0.4, -0.2) is 24.5 Å². The molecule has 0 amide bonds. The molecule has 1 unspecified atom stereocenters. The Labute approximate surface area is 215 Å². The van der Waals surface area contributed by atoms with Gasteiger partial charge in [-0.3, -0.25) is 9.69 Å². The second-order valence-corrected chi connectivity index (χ2v) is 9.39. The molecule has 0 N–H and O–H groups in total. The summed E-state index contributed by atoms with van der Waals surface area (Å²) in [6.45, 7) is 2.65. The smallest absolute Gasteiger partial charge is 0.305 e. The Morgan fingerprint density at radius 1 is 0.667 bits per heavy atom. The lowest BCUT2D eigenvalue weighted by molar-refractivity contribution is -0.141. The third-order valence-corrected chi connectivity index (χ3v) is 6.58. The number of esters is 1. The molecule has 0 saturated carbocycles. The minimum atomic E-state index is -0.142. The van der Waals surface area contributed by atoms with Gasteiger partial charge in [0.2, 0.25) is 0 Å². The fraction of sp³-hybridized carbons (Fsp3) is 0.242. The normalized spacial score (nSPS) is 11.8. The number of hydrogen-bond acceptors (Lipinski definition) is 3. The van der Waals surface area contributed by atoms with Crippen molar-refractivity contribution in [1.82, 2.24) is 4.90 Å². The van der Waals surface area contributed by atoms with Crippen molar-refractivity contribution in [1.29, 1.82) is 0 Å². The maximum Gasteiger partial charge on any atom is 0.305 e. The van der Waals surface area contributed by atoms with Gasteiger partial charge in [-0.05, 0) is 46.6 Å². The molecule has 0 fully saturated rings. The third-order valence-electron chi connectivity index (χ3n) is 6.58. The molecule has 0 radical (unpaired) electrons. The van der Waals surface area contributed by atoms with Crippen molar-refractivity contribution in [3.8, 4) is 11.1 Å². The first kappa shape index (κ1) is 25.4. The van der Waals surface area contributed by atoms with Gasteiger partial charge >= 0.3 is 5.97 Å². The summed E-state index contributed by atoms with van der Waals surface area (Å²) < 4.78 is 4.96. The monoisotopic (exact) mass is 477 g/mol. The maximum absolute atomic E-state index is 12.0. The van der Waals surface area contributed by atoms with Gasteiger partial charge in [-0.2, -0.15) is 0 Å². The van der Waals surface area contributed by atoms with Gasteiger partial charge in [0.25, 0.3) is 0 Å². The second-order valence-electron chi connectivity index (χ2n) is 9.39. The Hall–Kier alpha value is -3.69. The van der Waals surface area contributed by atoms with Crippen molar-refractivity contribution in [3.05, 3.63) is 132 Å². The van der Waals surface area contributed by atoms with Crippen LogP contribution in [0.4, 0.5) is 0 Å². The van der Waals surface area contributed by atoms with Gasteiger partial charge in [-0.25, -0.2) is 0 Å². The van der Waals surface area contributed by atoms with Crippen LogP contribution in [0.25, 0.3) is 11.1 Å². The van der Waals surface area contributed by atoms with Gasteiger partial charge in [-0.15, -0.1) is 0 Å². The van der Waals surface area contributed by atoms with E-state index in [9.17, 15) is 4.79 Å². The zero-order chi connectivity index (χ0) is 25.0. The fourth-order valence-corrected chi connectivity index (χ4v) is 4.71. The summed E-state index contributed by atoms with van der Waals surface area (Å²) in [7, 11) is 1.47. The quantitative estimate of drug-likeness (QED) is 0.203. The van der Waals surface area contributed by atoms with E-state index >= 15 is 0 Å². The highest BCUT2D eigenvalue weighted by atomic mass is 16.5. The Morgan fingerprint density at radius 3 is 1.69 bits per heavy atom. The lowest BCUT2D eigenvalue weighted by Gasteiger charge is -2.28. The SMILES string of the molecule is COC(=O)CCC(Cc1ccc(-c2ccccc2)cc1)CN(Cc1ccccc1)Cc1ccccc1. The van der Waals surface area contributed by atoms with E-state index in [2.05, 4.69) is 114 Å². The molecule has 3 nitrogen and oxygen atoms in total. The van der Waals surface area contributed by atoms with Gasteiger partial charge < -0.3 is 4.74 Å². The molecular weight excluding hydrogens is 442 g/mol. The van der Waals surface area contributed by atoms with Crippen molar-refractivity contribution < 1.29 is 9.53 Å². The number of nitrogens with zero attached hydrogens (tertiary/aromatic N) is 1. The van der Waals surface area contributed by atoms with Crippen LogP contribution >= 0.6 is 0 Å². The standard InChI is InChI=1S/C33H35NO2/c1-36-33(35)22-19-30(23-27-17-20-32(21-18-27)31-15-9-4-10-16-31)26-34(24-28-11-5-2-6-12-28)25-29-13-7-3-8-14-29/h2-18,20-21,30H,19,22-26H2,1H3. The van der Waals surface area contributed by atoms with Crippen molar-refractivity contribution in [2.24, 2.45) is 5.92 Å². The first-order valence-electron chi connectivity index (χ1n) is 12.7. The molecule has 0 saturated heterocycles. The molecule has 0 spiro atoms. The molecule has 0 aliphatic rings. The van der Waals surface area contributed by atoms with Crippen molar-refractivity contribution in [3.63, 3.8) is 0 Å². The molecule has 1 atom stereocenters. The average Bonchev–Trinajstić information content (AvgIpc) is 2.93. The van der Waals surface area contributed by atoms with Crippen LogP contribution < -0.4 is 0 Å². The van der Waals surface area contributed by atoms with Gasteiger partial charge in [0.15, 0.2) is 0 Å². The van der Waals surface area contributed by atoms with Crippen LogP contribution in [-0.2, 0) is 29.0 Å². The topological polar surface area (TPSA) is 29.5 Å². The molecule has 0 heterocycles. The summed E-state index contributed by atoms with van der Waals surface area (Å²) in [5.74, 6) is 0.191. The van der Waals surface area contributed by atoms with Crippen LogP contribution in [0.15, 0.2) is 115 Å². The van der Waals surface area contributed by atoms with Crippen LogP contribution in [0.5, 0.6) is 0 Å². The number of rotatable bonds is 12. The molecule has 184 valence electrons. The highest BCUT2D eigenvalue weighted by molar-refractivity contribution is 5.69. The van der Waals surface area contributed by atoms with Gasteiger partial charge in [-0.1, -0.05) is 115 Å². The minimum Gasteiger partial charge on any atom is -0.469 e. The molecule has 0 aliphatic heterocycles. The van der Waals surface area contributed by atoms with E-state index < -0.39 is 0 Å². The number of hydrogen-bond donors (Lipinski definition) is 0. The van der Waals surface area contributed by atoms with Crippen LogP contribution in [0.1, 0.15) is 29.5 Å². The van der Waals surface area contributed by atoms with Gasteiger partial charge in [0, 0.05) is 26.1 Å². The van der Waals surface area contributed by atoms with Gasteiger partial charge in [0.1, 0.15) is 0 Å². The predicted molar refractivity (Wildman–Crippen MR) is 147 cm³/mol. The Balaban J connectivity index is 1.51. The highest BCUT2D eigenvalue weighted by Crippen LogP contribution is 2.23. The zero-order valence-electron chi connectivity index (χ0n) is 21.1. The van der Waals surface area contributed by atoms with E-state index in [4.69, 9.17) is 4.74 Å². The summed E-state index contributed by atoms with van der Waals surface area (Å²) in [5, 5.41) is 0. The van der Waals surface area contributed by atoms with Gasteiger partial charge in [0.05, 0.1) is 7.11 Å². The van der Waals surface area contributed by atoms with E-state index in [1.165, 1.54) is 34.9 Å². The molecule has 0 aromatic heterocycles. The fourth-order valence-electron chi connectivity index (χ4n) is 4.71. The largest absolute Gasteiger partial charge is 0.469 e. The first-order chi connectivity index (χ1) is 17.7. The number of methoxy groups -OCH3 is 1. The lowest BCUT2D eigenvalue weighted by atomic mass is 9.92. The summed E-state index contributed by atoms with van der Waals surface area (Å²) in [6, 6.07) is 40.6. The number of benzene rings is 4. The Bertz CT molecular complexity index is 1130. The van der Waals surface area contributed by atoms with E-state index in [0.29, 0.717) is 12.3 Å². The van der Waals surface area contributed by atoms with Crippen LogP contribution in [0, 0.1) is 5.92 Å². The average molecular weight is 478 g/mol. The summed E-state index contributed by atoms with van der Waals surface area (Å²) in [6.07, 6.45) is 2.16. The molecular formula is C33H35NO2. The summed E-state index contributed by atoms with van der Waals surface area (Å²) in [5.41, 5.74) is 6.34. The lowest BCUT2D eigenvalue weighted by Crippen LogP contribution is -2.30. The Morgan fingerprint density at radius 2 is 1.17 bits per heavy atom. The highest BCUT2D eigenvalue weighted by Gasteiger charge is 2.18. The van der Waals surface area contributed by atoms with Crippen LogP contribution in [0.2, 0.25) is 0 Å². The third kappa shape index (κ3) is 7.93. The first-order valence-corrected chi connectivity index (χ1v) is 12.7. The predicted octanol–water partition coefficient (Wildman–Crippen LogP) is 7.17. The molecule has 4 rings (SSSR count). The summed E-state index contributed by atoms with van der Waals surface area (Å²) >= 11 is 0. The van der Waals surface area contributed by atoms with E-state index in [-0.39, 0.29) is 5.97 Å². The van der Waals surface area contributed by atoms with E-state index in [1.54, 1.807) is 0 Å². The van der Waals surface area contributed by atoms with Crippen molar-refractivity contribution >= 4 is 5.97 Å². The molecule has 0 aliphatic carbocycles. The second kappa shape index (κ2) is 13.4. The van der Waals surface area contributed by atoms with E-state index in [1.807, 2.05) is 6.07 Å².